The molecule has 0 saturated heterocycles. The predicted octanol–water partition coefficient (Wildman–Crippen LogP) is -0.505. The van der Waals surface area contributed by atoms with Gasteiger partial charge in [-0.05, 0) is 6.07 Å². The van der Waals surface area contributed by atoms with Gasteiger partial charge in [0, 0.05) is 12.1 Å². The van der Waals surface area contributed by atoms with Crippen LogP contribution in [0.25, 0.3) is 0 Å². The number of benzene rings is 1. The lowest BCUT2D eigenvalue weighted by Crippen LogP contribution is -2.47. The summed E-state index contributed by atoms with van der Waals surface area (Å²) >= 11 is 5.69. The molecule has 1 aromatic rings. The Morgan fingerprint density at radius 1 is 1.26 bits per heavy atom. The average molecular weight is 287 g/mol. The van der Waals surface area contributed by atoms with Gasteiger partial charge >= 0.3 is 11.8 Å². The number of nitrogens with zero attached hydrogens (tertiary/aromatic N) is 1. The quantitative estimate of drug-likeness (QED) is 0.381. The maximum atomic E-state index is 11.6. The van der Waals surface area contributed by atoms with Crippen LogP contribution in [0.5, 0.6) is 0 Å². The fourth-order valence-corrected chi connectivity index (χ4v) is 1.25. The number of carbonyl (C=O) groups is 3. The largest absolute Gasteiger partial charge is 0.361 e. The van der Waals surface area contributed by atoms with Crippen LogP contribution in [0.3, 0.4) is 0 Å². The van der Waals surface area contributed by atoms with Crippen molar-refractivity contribution in [3.05, 3.63) is 38.9 Å². The lowest BCUT2D eigenvalue weighted by Gasteiger charge is -2.06. The van der Waals surface area contributed by atoms with E-state index < -0.39 is 22.6 Å². The molecule has 0 spiro atoms. The van der Waals surface area contributed by atoms with Crippen molar-refractivity contribution in [1.82, 2.24) is 10.9 Å². The van der Waals surface area contributed by atoms with Crippen molar-refractivity contribution in [2.45, 2.75) is 0 Å². The summed E-state index contributed by atoms with van der Waals surface area (Å²) in [6.45, 7) is 0. The zero-order valence-corrected chi connectivity index (χ0v) is 9.93. The predicted molar refractivity (Wildman–Crippen MR) is 62.9 cm³/mol. The molecular formula is C9H7ClN4O5. The highest BCUT2D eigenvalue weighted by atomic mass is 35.5. The van der Waals surface area contributed by atoms with Crippen molar-refractivity contribution in [2.75, 3.05) is 0 Å². The Morgan fingerprint density at radius 2 is 1.89 bits per heavy atom. The number of nitro benzene ring substituents is 1. The van der Waals surface area contributed by atoms with E-state index in [1.165, 1.54) is 0 Å². The van der Waals surface area contributed by atoms with Gasteiger partial charge in [-0.3, -0.25) is 35.3 Å². The van der Waals surface area contributed by atoms with Crippen molar-refractivity contribution in [3.8, 4) is 0 Å². The third-order valence-corrected chi connectivity index (χ3v) is 2.25. The molecule has 0 heterocycles. The molecule has 0 atom stereocenters. The first-order valence-corrected chi connectivity index (χ1v) is 5.04. The molecule has 0 bridgehead atoms. The number of nitrogens with two attached hydrogens (primary N) is 1. The molecule has 9 nitrogen and oxygen atoms in total. The summed E-state index contributed by atoms with van der Waals surface area (Å²) in [6.07, 6.45) is 0. The van der Waals surface area contributed by atoms with E-state index in [1.54, 1.807) is 5.43 Å². The summed E-state index contributed by atoms with van der Waals surface area (Å²) in [4.78, 5) is 42.6. The third-order valence-electron chi connectivity index (χ3n) is 1.92. The van der Waals surface area contributed by atoms with Crippen LogP contribution in [-0.2, 0) is 9.59 Å². The highest BCUT2D eigenvalue weighted by Crippen LogP contribution is 2.21. The van der Waals surface area contributed by atoms with Gasteiger partial charge in [0.25, 0.3) is 11.6 Å². The topological polar surface area (TPSA) is 144 Å². The highest BCUT2D eigenvalue weighted by Gasteiger charge is 2.17. The second-order valence-electron chi connectivity index (χ2n) is 3.19. The molecule has 0 saturated carbocycles. The number of nitrogens with one attached hydrogen (secondary N) is 2. The molecule has 0 unspecified atom stereocenters. The van der Waals surface area contributed by atoms with Crippen LogP contribution in [0.1, 0.15) is 10.4 Å². The van der Waals surface area contributed by atoms with E-state index in [9.17, 15) is 24.5 Å². The van der Waals surface area contributed by atoms with Crippen LogP contribution < -0.4 is 16.6 Å². The Morgan fingerprint density at radius 3 is 2.42 bits per heavy atom. The van der Waals surface area contributed by atoms with Crippen molar-refractivity contribution in [2.24, 2.45) is 5.73 Å². The molecule has 0 radical (unpaired) electrons. The molecule has 3 amide bonds. The van der Waals surface area contributed by atoms with Gasteiger partial charge in [0.1, 0.15) is 0 Å². The Bertz CT molecular complexity index is 574. The van der Waals surface area contributed by atoms with Crippen LogP contribution in [0.4, 0.5) is 5.69 Å². The van der Waals surface area contributed by atoms with Gasteiger partial charge in [0.05, 0.1) is 15.5 Å². The monoisotopic (exact) mass is 286 g/mol. The van der Waals surface area contributed by atoms with Crippen LogP contribution >= 0.6 is 11.6 Å². The zero-order valence-electron chi connectivity index (χ0n) is 9.18. The van der Waals surface area contributed by atoms with E-state index in [4.69, 9.17) is 11.6 Å². The number of carbonyl (C=O) groups excluding carboxylic acids is 3. The molecule has 0 fully saturated rings. The van der Waals surface area contributed by atoms with Gasteiger partial charge in [-0.25, -0.2) is 0 Å². The second kappa shape index (κ2) is 5.78. The van der Waals surface area contributed by atoms with Crippen LogP contribution in [0.15, 0.2) is 18.2 Å². The lowest BCUT2D eigenvalue weighted by molar-refractivity contribution is -0.384. The SMILES string of the molecule is NC(=O)C(=O)NNC(=O)c1cc([N+](=O)[O-])ccc1Cl. The minimum absolute atomic E-state index is 0.0589. The summed E-state index contributed by atoms with van der Waals surface area (Å²) in [5.41, 5.74) is 7.61. The number of primary amides is 1. The maximum absolute atomic E-state index is 11.6. The lowest BCUT2D eigenvalue weighted by atomic mass is 10.2. The number of amides is 3. The zero-order chi connectivity index (χ0) is 14.6. The minimum atomic E-state index is -1.30. The summed E-state index contributed by atoms with van der Waals surface area (Å²) in [6, 6.07) is 3.19. The van der Waals surface area contributed by atoms with Crippen molar-refractivity contribution in [1.29, 1.82) is 0 Å². The maximum Gasteiger partial charge on any atom is 0.327 e. The standard InChI is InChI=1S/C9H7ClN4O5/c10-6-2-1-4(14(18)19)3-5(6)8(16)12-13-9(17)7(11)15/h1-3H,(H2,11,15)(H,12,16)(H,13,17). The molecule has 1 aromatic carbocycles. The molecule has 10 heteroatoms. The highest BCUT2D eigenvalue weighted by molar-refractivity contribution is 6.35. The Balaban J connectivity index is 2.87. The van der Waals surface area contributed by atoms with Crippen molar-refractivity contribution >= 4 is 35.0 Å². The fraction of sp³-hybridized carbons (Fsp3) is 0. The van der Waals surface area contributed by atoms with Gasteiger partial charge in [-0.1, -0.05) is 11.6 Å². The molecule has 19 heavy (non-hydrogen) atoms. The number of hydrazine groups is 1. The molecule has 4 N–H and O–H groups in total. The third kappa shape index (κ3) is 3.64. The van der Waals surface area contributed by atoms with Gasteiger partial charge in [0.2, 0.25) is 0 Å². The van der Waals surface area contributed by atoms with Crippen LogP contribution in [-0.4, -0.2) is 22.6 Å². The van der Waals surface area contributed by atoms with Gasteiger partial charge in [-0.15, -0.1) is 0 Å². The summed E-state index contributed by atoms with van der Waals surface area (Å²) in [5, 5.41) is 10.5. The number of hydrogen-bond acceptors (Lipinski definition) is 5. The van der Waals surface area contributed by atoms with Crippen molar-refractivity contribution < 1.29 is 19.3 Å². The number of rotatable bonds is 2. The molecular weight excluding hydrogens is 280 g/mol. The number of hydrogen-bond donors (Lipinski definition) is 3. The molecule has 0 aliphatic rings. The molecule has 1 rings (SSSR count). The fourth-order valence-electron chi connectivity index (χ4n) is 1.04. The first-order valence-electron chi connectivity index (χ1n) is 4.67. The smallest absolute Gasteiger partial charge is 0.327 e. The van der Waals surface area contributed by atoms with Gasteiger partial charge in [-0.2, -0.15) is 0 Å². The van der Waals surface area contributed by atoms with E-state index in [0.29, 0.717) is 0 Å². The summed E-state index contributed by atoms with van der Waals surface area (Å²) < 4.78 is 0. The van der Waals surface area contributed by atoms with E-state index in [0.717, 1.165) is 18.2 Å². The average Bonchev–Trinajstić information content (AvgIpc) is 2.35. The van der Waals surface area contributed by atoms with E-state index in [1.807, 2.05) is 5.43 Å². The van der Waals surface area contributed by atoms with Gasteiger partial charge in [0.15, 0.2) is 0 Å². The first-order chi connectivity index (χ1) is 8.82. The molecule has 100 valence electrons. The minimum Gasteiger partial charge on any atom is -0.361 e. The Hall–Kier alpha value is -2.68. The van der Waals surface area contributed by atoms with Gasteiger partial charge < -0.3 is 5.73 Å². The number of non-ortho nitro benzene ring substituents is 1. The Labute approximate surface area is 110 Å². The second-order valence-corrected chi connectivity index (χ2v) is 3.60. The van der Waals surface area contributed by atoms with Crippen LogP contribution in [0.2, 0.25) is 5.02 Å². The van der Waals surface area contributed by atoms with Crippen molar-refractivity contribution in [3.63, 3.8) is 0 Å². The van der Waals surface area contributed by atoms with Crippen LogP contribution in [0, 0.1) is 10.1 Å². The first kappa shape index (κ1) is 14.4. The molecule has 0 aromatic heterocycles. The van der Waals surface area contributed by atoms with E-state index in [-0.39, 0.29) is 16.3 Å². The summed E-state index contributed by atoms with van der Waals surface area (Å²) in [5.74, 6) is -3.47. The molecule has 0 aliphatic heterocycles. The number of halogens is 1. The normalized spacial score (nSPS) is 9.53. The summed E-state index contributed by atoms with van der Waals surface area (Å²) in [7, 11) is 0. The molecule has 0 aliphatic carbocycles. The number of nitro groups is 1. The van der Waals surface area contributed by atoms with E-state index >= 15 is 0 Å². The Kier molecular flexibility index (Phi) is 4.37. The van der Waals surface area contributed by atoms with E-state index in [2.05, 4.69) is 5.73 Å².